The van der Waals surface area contributed by atoms with Gasteiger partial charge in [-0.2, -0.15) is 0 Å². The van der Waals surface area contributed by atoms with Gasteiger partial charge in [-0.15, -0.1) is 23.5 Å². The number of aliphatic hydroxyl groups excluding tert-OH is 2. The lowest BCUT2D eigenvalue weighted by molar-refractivity contribution is -0.138. The number of rotatable bonds is 6. The SMILES string of the molecule is COc1c2c3c4c(c(OC)c(=O)c5c6c(c(CO)c(c7c(CO)c8c(c(c1=O)c37)NC(C(=O)O)CS8)c54)SCC(C(=O)O)N6)CC(C)=C2. The number of allylic oxidation sites excluding steroid dienone is 1. The highest BCUT2D eigenvalue weighted by Gasteiger charge is 2.38. The van der Waals surface area contributed by atoms with Gasteiger partial charge in [0, 0.05) is 59.7 Å². The summed E-state index contributed by atoms with van der Waals surface area (Å²) in [6, 6.07) is -2.03. The molecule has 3 aliphatic rings. The van der Waals surface area contributed by atoms with Crippen molar-refractivity contribution in [1.82, 2.24) is 0 Å². The van der Waals surface area contributed by atoms with Gasteiger partial charge < -0.3 is 40.5 Å². The number of aliphatic hydroxyl groups is 2. The van der Waals surface area contributed by atoms with E-state index >= 15 is 0 Å². The number of nitrogens with one attached hydrogen (secondary N) is 2. The molecule has 0 saturated carbocycles. The zero-order valence-electron chi connectivity index (χ0n) is 25.8. The van der Waals surface area contributed by atoms with Crippen LogP contribution in [-0.4, -0.2) is 70.2 Å². The van der Waals surface area contributed by atoms with Gasteiger partial charge in [-0.25, -0.2) is 9.59 Å². The summed E-state index contributed by atoms with van der Waals surface area (Å²) in [5.41, 5.74) is 2.25. The minimum absolute atomic E-state index is 0.0283. The van der Waals surface area contributed by atoms with Crippen molar-refractivity contribution < 1.29 is 39.5 Å². The standard InChI is InChI=1S/C34H28N2O10S2/c1-10-4-11-17-18-12(5-10)30(46-3)28(40)24-22(18)20(14(7-38)32-26(24)36-16(9-48-32)34(43)44)19-13(6-37)31-25(35-15(8-47-31)33(41)42)23(21(17)19)27(39)29(11)45-2/h4,15-16,35-38H,5-9H2,1-3H3,(H,41,42)(H,43,44). The van der Waals surface area contributed by atoms with E-state index in [0.717, 1.165) is 5.57 Å². The van der Waals surface area contributed by atoms with Crippen molar-refractivity contribution in [1.29, 1.82) is 0 Å². The molecule has 0 aromatic heterocycles. The third kappa shape index (κ3) is 3.82. The summed E-state index contributed by atoms with van der Waals surface area (Å²) in [5, 5.41) is 51.5. The monoisotopic (exact) mass is 688 g/mol. The van der Waals surface area contributed by atoms with E-state index in [2.05, 4.69) is 10.6 Å². The Morgan fingerprint density at radius 2 is 1.23 bits per heavy atom. The Morgan fingerprint density at radius 3 is 1.69 bits per heavy atom. The van der Waals surface area contributed by atoms with Crippen LogP contribution in [0, 0.1) is 0 Å². The summed E-state index contributed by atoms with van der Waals surface area (Å²) in [5.74, 6) is -1.87. The molecule has 0 radical (unpaired) electrons. The van der Waals surface area contributed by atoms with Gasteiger partial charge in [0.05, 0.1) is 49.6 Å². The molecular weight excluding hydrogens is 661 g/mol. The van der Waals surface area contributed by atoms with Crippen LogP contribution in [0.1, 0.15) is 29.2 Å². The summed E-state index contributed by atoms with van der Waals surface area (Å²) in [6.07, 6.45) is 2.10. The number of carboxylic acid groups (broad SMARTS) is 2. The molecule has 8 rings (SSSR count). The highest BCUT2D eigenvalue weighted by molar-refractivity contribution is 8.00. The smallest absolute Gasteiger partial charge is 0.326 e. The summed E-state index contributed by atoms with van der Waals surface area (Å²) in [6.45, 7) is 0.872. The molecule has 5 aromatic rings. The number of ether oxygens (including phenoxy) is 2. The summed E-state index contributed by atoms with van der Waals surface area (Å²) < 4.78 is 11.6. The van der Waals surface area contributed by atoms with E-state index in [1.807, 2.05) is 13.0 Å². The molecule has 14 heteroatoms. The van der Waals surface area contributed by atoms with Crippen LogP contribution in [0.5, 0.6) is 11.5 Å². The number of aliphatic carboxylic acids is 2. The molecule has 12 nitrogen and oxygen atoms in total. The molecule has 0 fully saturated rings. The first-order valence-electron chi connectivity index (χ1n) is 15.1. The molecule has 0 amide bonds. The highest BCUT2D eigenvalue weighted by atomic mass is 32.2. The second-order valence-electron chi connectivity index (χ2n) is 12.2. The number of carbonyl (C=O) groups is 2. The Bertz CT molecular complexity index is 2460. The minimum atomic E-state index is -1.10. The molecule has 0 saturated heterocycles. The van der Waals surface area contributed by atoms with Crippen LogP contribution in [0.3, 0.4) is 0 Å². The number of hydrogen-bond donors (Lipinski definition) is 6. The molecular formula is C34H28N2O10S2. The van der Waals surface area contributed by atoms with Crippen molar-refractivity contribution in [3.8, 4) is 11.5 Å². The number of benzene rings is 5. The maximum atomic E-state index is 14.6. The fraction of sp³-hybridized carbons (Fsp3) is 0.294. The Labute approximate surface area is 279 Å². The minimum Gasteiger partial charge on any atom is -0.492 e. The van der Waals surface area contributed by atoms with Gasteiger partial charge >= 0.3 is 11.9 Å². The van der Waals surface area contributed by atoms with Gasteiger partial charge in [0.15, 0.2) is 11.5 Å². The normalized spacial score (nSPS) is 18.4. The van der Waals surface area contributed by atoms with Gasteiger partial charge in [-0.1, -0.05) is 11.6 Å². The fourth-order valence-corrected chi connectivity index (χ4v) is 10.2. The molecule has 2 aliphatic heterocycles. The zero-order valence-corrected chi connectivity index (χ0v) is 27.5. The second-order valence-corrected chi connectivity index (χ2v) is 14.2. The molecule has 0 spiro atoms. The number of carboxylic acids is 2. The number of hydrogen-bond acceptors (Lipinski definition) is 12. The average Bonchev–Trinajstić information content (AvgIpc) is 3.22. The van der Waals surface area contributed by atoms with Crippen LogP contribution < -0.4 is 31.0 Å². The summed E-state index contributed by atoms with van der Waals surface area (Å²) in [7, 11) is 2.79. The average molecular weight is 689 g/mol. The van der Waals surface area contributed by atoms with Crippen LogP contribution in [0.4, 0.5) is 11.4 Å². The number of anilines is 2. The van der Waals surface area contributed by atoms with Crippen molar-refractivity contribution in [2.24, 2.45) is 0 Å². The van der Waals surface area contributed by atoms with E-state index in [0.29, 0.717) is 64.4 Å². The van der Waals surface area contributed by atoms with Crippen LogP contribution in [0.15, 0.2) is 25.0 Å². The first-order valence-corrected chi connectivity index (χ1v) is 17.0. The predicted octanol–water partition coefficient (Wildman–Crippen LogP) is 3.80. The number of methoxy groups -OCH3 is 2. The molecule has 48 heavy (non-hydrogen) atoms. The maximum absolute atomic E-state index is 14.6. The van der Waals surface area contributed by atoms with Gasteiger partial charge in [0.2, 0.25) is 10.9 Å². The van der Waals surface area contributed by atoms with E-state index in [4.69, 9.17) is 9.47 Å². The van der Waals surface area contributed by atoms with Gasteiger partial charge in [-0.05, 0) is 29.5 Å². The Hall–Kier alpha value is -4.50. The lowest BCUT2D eigenvalue weighted by atomic mass is 9.81. The van der Waals surface area contributed by atoms with Crippen molar-refractivity contribution in [3.05, 3.63) is 48.3 Å². The van der Waals surface area contributed by atoms with E-state index in [-0.39, 0.29) is 51.6 Å². The fourth-order valence-electron chi connectivity index (χ4n) is 7.83. The van der Waals surface area contributed by atoms with Crippen LogP contribution in [0.2, 0.25) is 0 Å². The van der Waals surface area contributed by atoms with E-state index in [1.54, 1.807) is 0 Å². The molecule has 5 aromatic carbocycles. The molecule has 2 atom stereocenters. The molecule has 0 bridgehead atoms. The Morgan fingerprint density at radius 1 is 0.750 bits per heavy atom. The van der Waals surface area contributed by atoms with Crippen molar-refractivity contribution >= 4 is 96.0 Å². The van der Waals surface area contributed by atoms with Gasteiger partial charge in [-0.3, -0.25) is 9.59 Å². The highest BCUT2D eigenvalue weighted by Crippen LogP contribution is 2.56. The topological polar surface area (TPSA) is 192 Å². The third-order valence-corrected chi connectivity index (χ3v) is 12.1. The summed E-state index contributed by atoms with van der Waals surface area (Å²) >= 11 is 2.41. The quantitative estimate of drug-likeness (QED) is 0.112. The lowest BCUT2D eigenvalue weighted by Gasteiger charge is -2.32. The zero-order chi connectivity index (χ0) is 33.9. The first-order chi connectivity index (χ1) is 23.1. The maximum Gasteiger partial charge on any atom is 0.326 e. The van der Waals surface area contributed by atoms with Crippen molar-refractivity contribution in [2.45, 2.75) is 48.4 Å². The van der Waals surface area contributed by atoms with Crippen molar-refractivity contribution in [2.75, 3.05) is 36.4 Å². The Balaban J connectivity index is 1.77. The predicted molar refractivity (Wildman–Crippen MR) is 185 cm³/mol. The number of thioether (sulfide) groups is 2. The molecule has 2 unspecified atom stereocenters. The first kappa shape index (κ1) is 30.8. The third-order valence-electron chi connectivity index (χ3n) is 9.66. The van der Waals surface area contributed by atoms with Crippen LogP contribution in [0.25, 0.3) is 49.2 Å². The number of fused-ring (bicyclic) bond motifs is 5. The van der Waals surface area contributed by atoms with E-state index in [9.17, 15) is 39.6 Å². The van der Waals surface area contributed by atoms with Crippen LogP contribution in [-0.2, 0) is 29.2 Å². The van der Waals surface area contributed by atoms with E-state index in [1.165, 1.54) is 37.7 Å². The second kappa shape index (κ2) is 10.8. The van der Waals surface area contributed by atoms with Crippen molar-refractivity contribution in [3.63, 3.8) is 0 Å². The van der Waals surface area contributed by atoms with Gasteiger partial charge in [0.25, 0.3) is 0 Å². The lowest BCUT2D eigenvalue weighted by Crippen LogP contribution is -2.35. The summed E-state index contributed by atoms with van der Waals surface area (Å²) in [4.78, 5) is 54.5. The van der Waals surface area contributed by atoms with Crippen LogP contribution >= 0.6 is 23.5 Å². The van der Waals surface area contributed by atoms with Gasteiger partial charge in [0.1, 0.15) is 12.1 Å². The molecule has 2 heterocycles. The molecule has 1 aliphatic carbocycles. The molecule has 6 N–H and O–H groups in total. The molecule has 246 valence electrons. The van der Waals surface area contributed by atoms with E-state index < -0.39 is 48.1 Å². The Kier molecular flexibility index (Phi) is 6.90. The largest absolute Gasteiger partial charge is 0.492 e.